The van der Waals surface area contributed by atoms with E-state index < -0.39 is 0 Å². The highest BCUT2D eigenvalue weighted by molar-refractivity contribution is 5.74. The van der Waals surface area contributed by atoms with Crippen molar-refractivity contribution in [1.29, 1.82) is 0 Å². The van der Waals surface area contributed by atoms with E-state index in [0.717, 1.165) is 63.1 Å². The lowest BCUT2D eigenvalue weighted by atomic mass is 9.37. The van der Waals surface area contributed by atoms with Crippen LogP contribution in [0.2, 0.25) is 0 Å². The first-order chi connectivity index (χ1) is 18.5. The number of piperidine rings is 1. The highest BCUT2D eigenvalue weighted by atomic mass is 19.1. The molecule has 8 rings (SSSR count). The van der Waals surface area contributed by atoms with E-state index in [9.17, 15) is 9.50 Å². The number of nitrogens with zero attached hydrogens (tertiary/aromatic N) is 3. The standard InChI is InChI=1S/C30H34FN5O2/c31-21-9-18(10-23(12-21)38-22-5-7-33-8-6-22)14-30-15-19-16-36(17-20(30)11-25(19)30)27-13-26(34-35-29(27)32)24-3-1-2-4-28(24)37/h1-4,9-10,12-13,19-20,22,25,33,37H,5-8,11,14-17H2,(H2,32,35)/t19-,20-,25?,30?/m0/s1. The fourth-order valence-electron chi connectivity index (χ4n) is 7.73. The molecular weight excluding hydrogens is 481 g/mol. The van der Waals surface area contributed by atoms with Gasteiger partial charge in [0.2, 0.25) is 0 Å². The van der Waals surface area contributed by atoms with Gasteiger partial charge in [-0.05, 0) is 104 Å². The zero-order valence-corrected chi connectivity index (χ0v) is 21.4. The zero-order chi connectivity index (χ0) is 25.9. The Kier molecular flexibility index (Phi) is 5.69. The van der Waals surface area contributed by atoms with Crippen LogP contribution < -0.4 is 20.7 Å². The molecule has 4 bridgehead atoms. The van der Waals surface area contributed by atoms with Crippen molar-refractivity contribution in [1.82, 2.24) is 15.5 Å². The molecule has 4 atom stereocenters. The molecule has 2 saturated carbocycles. The molecule has 1 aromatic heterocycles. The zero-order valence-electron chi connectivity index (χ0n) is 21.4. The second-order valence-corrected chi connectivity index (χ2v) is 11.7. The van der Waals surface area contributed by atoms with E-state index in [2.05, 4.69) is 26.5 Å². The van der Waals surface area contributed by atoms with E-state index in [1.165, 1.54) is 12.5 Å². The van der Waals surface area contributed by atoms with Gasteiger partial charge >= 0.3 is 0 Å². The Labute approximate surface area is 222 Å². The number of anilines is 2. The molecule has 3 aliphatic heterocycles. The highest BCUT2D eigenvalue weighted by Crippen LogP contribution is 2.70. The van der Waals surface area contributed by atoms with Gasteiger partial charge in [-0.2, -0.15) is 0 Å². The molecule has 2 unspecified atom stereocenters. The van der Waals surface area contributed by atoms with Crippen molar-refractivity contribution in [3.63, 3.8) is 0 Å². The topological polar surface area (TPSA) is 96.5 Å². The number of nitrogens with one attached hydrogen (secondary N) is 1. The molecular formula is C30H34FN5O2. The molecule has 2 aromatic carbocycles. The molecule has 0 radical (unpaired) electrons. The number of hydrogen-bond donors (Lipinski definition) is 3. The van der Waals surface area contributed by atoms with E-state index >= 15 is 0 Å². The maximum Gasteiger partial charge on any atom is 0.169 e. The minimum Gasteiger partial charge on any atom is -0.507 e. The number of phenols is 1. The first kappa shape index (κ1) is 23.7. The molecule has 4 heterocycles. The monoisotopic (exact) mass is 515 g/mol. The van der Waals surface area contributed by atoms with Crippen molar-refractivity contribution < 1.29 is 14.2 Å². The summed E-state index contributed by atoms with van der Waals surface area (Å²) in [6, 6.07) is 14.4. The minimum atomic E-state index is -0.213. The quantitative estimate of drug-likeness (QED) is 0.448. The molecule has 7 nitrogen and oxygen atoms in total. The number of benzene rings is 2. The Hall–Kier alpha value is -3.39. The average molecular weight is 516 g/mol. The van der Waals surface area contributed by atoms with Crippen LogP contribution in [0.3, 0.4) is 0 Å². The molecule has 0 spiro atoms. The smallest absolute Gasteiger partial charge is 0.169 e. The Balaban J connectivity index is 1.11. The summed E-state index contributed by atoms with van der Waals surface area (Å²) in [5, 5.41) is 22.2. The molecule has 198 valence electrons. The van der Waals surface area contributed by atoms with E-state index in [-0.39, 0.29) is 23.1 Å². The fraction of sp³-hybridized carbons (Fsp3) is 0.467. The Morgan fingerprint density at radius 2 is 1.95 bits per heavy atom. The van der Waals surface area contributed by atoms with Crippen molar-refractivity contribution in [2.75, 3.05) is 36.8 Å². The molecule has 3 aromatic rings. The molecule has 38 heavy (non-hydrogen) atoms. The third-order valence-electron chi connectivity index (χ3n) is 9.57. The number of phenolic OH excluding ortho intramolecular Hbond substituents is 1. The van der Waals surface area contributed by atoms with Gasteiger partial charge in [-0.25, -0.2) is 4.39 Å². The van der Waals surface area contributed by atoms with E-state index in [1.807, 2.05) is 18.2 Å². The van der Waals surface area contributed by atoms with Gasteiger partial charge in [-0.1, -0.05) is 12.1 Å². The van der Waals surface area contributed by atoms with Crippen LogP contribution in [0.25, 0.3) is 11.3 Å². The van der Waals surface area contributed by atoms with Crippen molar-refractivity contribution in [2.24, 2.45) is 23.2 Å². The van der Waals surface area contributed by atoms with Crippen LogP contribution in [0.15, 0.2) is 48.5 Å². The number of aromatic nitrogens is 2. The fourth-order valence-corrected chi connectivity index (χ4v) is 7.73. The van der Waals surface area contributed by atoms with Crippen molar-refractivity contribution in [3.05, 3.63) is 59.9 Å². The molecule has 8 heteroatoms. The molecule has 5 aliphatic rings. The Morgan fingerprint density at radius 1 is 1.11 bits per heavy atom. The summed E-state index contributed by atoms with van der Waals surface area (Å²) >= 11 is 0. The summed E-state index contributed by atoms with van der Waals surface area (Å²) in [5.74, 6) is 2.81. The van der Waals surface area contributed by atoms with Crippen LogP contribution in [0.4, 0.5) is 15.9 Å². The summed E-state index contributed by atoms with van der Waals surface area (Å²) in [6.45, 7) is 3.73. The van der Waals surface area contributed by atoms with Gasteiger partial charge in [0.15, 0.2) is 5.82 Å². The summed E-state index contributed by atoms with van der Waals surface area (Å²) in [7, 11) is 0. The normalized spacial score (nSPS) is 28.2. The van der Waals surface area contributed by atoms with Crippen molar-refractivity contribution >= 4 is 11.5 Å². The van der Waals surface area contributed by atoms with Gasteiger partial charge in [-0.3, -0.25) is 0 Å². The number of halogens is 1. The van der Waals surface area contributed by atoms with Gasteiger partial charge in [0.1, 0.15) is 23.4 Å². The number of ether oxygens (including phenoxy) is 1. The third-order valence-corrected chi connectivity index (χ3v) is 9.57. The number of fused-ring (bicyclic) bond motifs is 2. The number of para-hydroxylation sites is 1. The first-order valence-electron chi connectivity index (χ1n) is 13.8. The van der Waals surface area contributed by atoms with Crippen LogP contribution in [-0.4, -0.2) is 47.6 Å². The van der Waals surface area contributed by atoms with Crippen LogP contribution in [0.5, 0.6) is 11.5 Å². The van der Waals surface area contributed by atoms with Crippen molar-refractivity contribution in [2.45, 2.75) is 38.2 Å². The summed E-state index contributed by atoms with van der Waals surface area (Å²) in [6.07, 6.45) is 5.32. The van der Waals surface area contributed by atoms with E-state index in [0.29, 0.717) is 40.6 Å². The van der Waals surface area contributed by atoms with Crippen LogP contribution in [-0.2, 0) is 6.42 Å². The highest BCUT2D eigenvalue weighted by Gasteiger charge is 2.67. The SMILES string of the molecule is Nc1nnc(-c2ccccc2O)cc1N1C[C@@H]2CC3(Cc4cc(F)cc(OC5CCNCC5)c4)C2C[C@H]3C1. The first-order valence-corrected chi connectivity index (χ1v) is 13.8. The molecule has 3 saturated heterocycles. The lowest BCUT2D eigenvalue weighted by Gasteiger charge is -2.66. The van der Waals surface area contributed by atoms with Crippen LogP contribution >= 0.6 is 0 Å². The predicted molar refractivity (Wildman–Crippen MR) is 145 cm³/mol. The van der Waals surface area contributed by atoms with Gasteiger partial charge in [0.05, 0.1) is 11.4 Å². The van der Waals surface area contributed by atoms with Crippen LogP contribution in [0.1, 0.15) is 31.2 Å². The molecule has 5 fully saturated rings. The second-order valence-electron chi connectivity index (χ2n) is 11.7. The third kappa shape index (κ3) is 3.97. The summed E-state index contributed by atoms with van der Waals surface area (Å²) < 4.78 is 20.8. The number of rotatable bonds is 6. The van der Waals surface area contributed by atoms with E-state index in [1.54, 1.807) is 18.2 Å². The lowest BCUT2D eigenvalue weighted by Crippen LogP contribution is -2.62. The van der Waals surface area contributed by atoms with Gasteiger partial charge in [0.25, 0.3) is 0 Å². The average Bonchev–Trinajstić information content (AvgIpc) is 3.23. The Morgan fingerprint density at radius 3 is 2.76 bits per heavy atom. The van der Waals surface area contributed by atoms with Gasteiger partial charge < -0.3 is 25.8 Å². The lowest BCUT2D eigenvalue weighted by molar-refractivity contribution is -0.169. The summed E-state index contributed by atoms with van der Waals surface area (Å²) in [4.78, 5) is 2.37. The van der Waals surface area contributed by atoms with Crippen LogP contribution in [0, 0.1) is 29.0 Å². The Bertz CT molecular complexity index is 1360. The molecule has 2 aliphatic carbocycles. The maximum absolute atomic E-state index is 14.7. The summed E-state index contributed by atoms with van der Waals surface area (Å²) in [5.41, 5.74) is 9.75. The largest absolute Gasteiger partial charge is 0.507 e. The predicted octanol–water partition coefficient (Wildman–Crippen LogP) is 4.41. The maximum atomic E-state index is 14.7. The number of nitrogen functional groups attached to an aromatic ring is 1. The number of nitrogens with two attached hydrogens (primary N) is 1. The van der Waals surface area contributed by atoms with Crippen molar-refractivity contribution in [3.8, 4) is 22.8 Å². The molecule has 0 amide bonds. The minimum absolute atomic E-state index is 0.152. The number of aromatic hydroxyl groups is 1. The van der Waals surface area contributed by atoms with E-state index in [4.69, 9.17) is 10.5 Å². The molecule has 4 N–H and O–H groups in total. The number of hydrogen-bond acceptors (Lipinski definition) is 7. The van der Waals surface area contributed by atoms with Gasteiger partial charge in [-0.15, -0.1) is 10.2 Å². The second kappa shape index (κ2) is 9.12. The van der Waals surface area contributed by atoms with Gasteiger partial charge in [0, 0.05) is 24.7 Å².